The first-order valence-corrected chi connectivity index (χ1v) is 8.04. The number of ether oxygens (including phenoxy) is 1. The molecule has 3 rings (SSSR count). The van der Waals surface area contributed by atoms with Crippen molar-refractivity contribution in [1.82, 2.24) is 10.3 Å². The number of benzene rings is 2. The van der Waals surface area contributed by atoms with Crippen LogP contribution >= 0.6 is 0 Å². The molecule has 138 valence electrons. The molecule has 0 unspecified atom stereocenters. The van der Waals surface area contributed by atoms with Crippen molar-refractivity contribution in [3.8, 4) is 11.5 Å². The second-order valence-corrected chi connectivity index (χ2v) is 5.69. The molecule has 0 bridgehead atoms. The number of carbonyl (C=O) groups excluding carboxylic acids is 1. The van der Waals surface area contributed by atoms with Crippen molar-refractivity contribution >= 4 is 5.91 Å². The molecule has 4 nitrogen and oxygen atoms in total. The monoisotopic (exact) mass is 372 g/mol. The Kier molecular flexibility index (Phi) is 5.40. The SMILES string of the molecule is O=C(NCc1ccc(C(F)(F)F)cc1)c1ccc(Oc2cccnc2)cc1. The highest BCUT2D eigenvalue weighted by molar-refractivity contribution is 5.94. The maximum absolute atomic E-state index is 12.5. The van der Waals surface area contributed by atoms with Gasteiger partial charge in [0.15, 0.2) is 0 Å². The topological polar surface area (TPSA) is 51.2 Å². The zero-order valence-corrected chi connectivity index (χ0v) is 14.0. The molecular formula is C20H15F3N2O2. The molecule has 1 aromatic heterocycles. The van der Waals surface area contributed by atoms with Gasteiger partial charge in [-0.15, -0.1) is 0 Å². The van der Waals surface area contributed by atoms with E-state index in [2.05, 4.69) is 10.3 Å². The van der Waals surface area contributed by atoms with Gasteiger partial charge in [0.05, 0.1) is 11.8 Å². The van der Waals surface area contributed by atoms with E-state index in [9.17, 15) is 18.0 Å². The molecule has 0 saturated carbocycles. The van der Waals surface area contributed by atoms with Gasteiger partial charge < -0.3 is 10.1 Å². The molecule has 0 aliphatic heterocycles. The number of rotatable bonds is 5. The van der Waals surface area contributed by atoms with Crippen molar-refractivity contribution in [2.75, 3.05) is 0 Å². The molecule has 27 heavy (non-hydrogen) atoms. The van der Waals surface area contributed by atoms with Crippen LogP contribution < -0.4 is 10.1 Å². The van der Waals surface area contributed by atoms with Crippen molar-refractivity contribution in [3.63, 3.8) is 0 Å². The fourth-order valence-electron chi connectivity index (χ4n) is 2.31. The van der Waals surface area contributed by atoms with E-state index in [1.54, 1.807) is 48.8 Å². The highest BCUT2D eigenvalue weighted by atomic mass is 19.4. The molecule has 7 heteroatoms. The fraction of sp³-hybridized carbons (Fsp3) is 0.100. The quantitative estimate of drug-likeness (QED) is 0.698. The van der Waals surface area contributed by atoms with Gasteiger partial charge >= 0.3 is 6.18 Å². The van der Waals surface area contributed by atoms with Gasteiger partial charge in [0.25, 0.3) is 5.91 Å². The number of halogens is 3. The smallest absolute Gasteiger partial charge is 0.416 e. The number of pyridine rings is 1. The number of nitrogens with zero attached hydrogens (tertiary/aromatic N) is 1. The second kappa shape index (κ2) is 7.90. The second-order valence-electron chi connectivity index (χ2n) is 5.69. The van der Waals surface area contributed by atoms with Crippen LogP contribution in [0.4, 0.5) is 13.2 Å². The molecule has 0 fully saturated rings. The first-order valence-electron chi connectivity index (χ1n) is 8.04. The predicted molar refractivity (Wildman–Crippen MR) is 93.4 cm³/mol. The number of carbonyl (C=O) groups is 1. The summed E-state index contributed by atoms with van der Waals surface area (Å²) in [5.41, 5.74) is 0.273. The van der Waals surface area contributed by atoms with Crippen molar-refractivity contribution in [1.29, 1.82) is 0 Å². The van der Waals surface area contributed by atoms with E-state index in [0.29, 0.717) is 22.6 Å². The van der Waals surface area contributed by atoms with Gasteiger partial charge in [-0.05, 0) is 54.1 Å². The zero-order chi connectivity index (χ0) is 19.3. The first kappa shape index (κ1) is 18.4. The van der Waals surface area contributed by atoms with Crippen LogP contribution in [0.3, 0.4) is 0 Å². The molecule has 1 amide bonds. The van der Waals surface area contributed by atoms with E-state index in [-0.39, 0.29) is 12.5 Å². The van der Waals surface area contributed by atoms with Crippen molar-refractivity contribution in [3.05, 3.63) is 89.7 Å². The third kappa shape index (κ3) is 5.07. The van der Waals surface area contributed by atoms with Gasteiger partial charge in [-0.2, -0.15) is 13.2 Å². The summed E-state index contributed by atoms with van der Waals surface area (Å²) < 4.78 is 43.2. The molecule has 1 heterocycles. The van der Waals surface area contributed by atoms with Crippen LogP contribution in [0.15, 0.2) is 73.1 Å². The summed E-state index contributed by atoms with van der Waals surface area (Å²) in [6.45, 7) is 0.130. The summed E-state index contributed by atoms with van der Waals surface area (Å²) in [5.74, 6) is 0.808. The Balaban J connectivity index is 1.56. The van der Waals surface area contributed by atoms with Crippen LogP contribution in [0.1, 0.15) is 21.5 Å². The van der Waals surface area contributed by atoms with E-state index < -0.39 is 11.7 Å². The molecule has 0 spiro atoms. The molecule has 0 atom stereocenters. The average molecular weight is 372 g/mol. The Bertz CT molecular complexity index is 893. The number of nitrogens with one attached hydrogen (secondary N) is 1. The summed E-state index contributed by atoms with van der Waals surface area (Å²) in [7, 11) is 0. The first-order chi connectivity index (χ1) is 12.9. The normalized spacial score (nSPS) is 11.1. The van der Waals surface area contributed by atoms with E-state index >= 15 is 0 Å². The van der Waals surface area contributed by atoms with Gasteiger partial charge in [-0.3, -0.25) is 9.78 Å². The minimum Gasteiger partial charge on any atom is -0.456 e. The maximum Gasteiger partial charge on any atom is 0.416 e. The summed E-state index contributed by atoms with van der Waals surface area (Å²) in [5, 5.41) is 2.67. The number of alkyl halides is 3. The summed E-state index contributed by atoms with van der Waals surface area (Å²) in [4.78, 5) is 16.1. The van der Waals surface area contributed by atoms with Gasteiger partial charge in [0, 0.05) is 18.3 Å². The summed E-state index contributed by atoms with van der Waals surface area (Å²) in [6, 6.07) is 14.7. The van der Waals surface area contributed by atoms with Gasteiger partial charge in [-0.1, -0.05) is 12.1 Å². The van der Waals surface area contributed by atoms with Gasteiger partial charge in [-0.25, -0.2) is 0 Å². The molecule has 0 saturated heterocycles. The lowest BCUT2D eigenvalue weighted by Gasteiger charge is -2.09. The summed E-state index contributed by atoms with van der Waals surface area (Å²) >= 11 is 0. The van der Waals surface area contributed by atoms with Crippen molar-refractivity contribution in [2.45, 2.75) is 12.7 Å². The lowest BCUT2D eigenvalue weighted by atomic mass is 10.1. The molecule has 3 aromatic rings. The minimum absolute atomic E-state index is 0.130. The van der Waals surface area contributed by atoms with Crippen LogP contribution in [0.25, 0.3) is 0 Å². The van der Waals surface area contributed by atoms with Crippen LogP contribution in [-0.2, 0) is 12.7 Å². The van der Waals surface area contributed by atoms with Crippen LogP contribution in [0.2, 0.25) is 0 Å². The number of hydrogen-bond donors (Lipinski definition) is 1. The Morgan fingerprint density at radius 2 is 1.67 bits per heavy atom. The largest absolute Gasteiger partial charge is 0.456 e. The fourth-order valence-corrected chi connectivity index (χ4v) is 2.31. The Morgan fingerprint density at radius 3 is 2.26 bits per heavy atom. The Morgan fingerprint density at radius 1 is 0.963 bits per heavy atom. The highest BCUT2D eigenvalue weighted by Crippen LogP contribution is 2.29. The third-order valence-corrected chi connectivity index (χ3v) is 3.72. The van der Waals surface area contributed by atoms with Crippen LogP contribution in [0.5, 0.6) is 11.5 Å². The molecule has 1 N–H and O–H groups in total. The maximum atomic E-state index is 12.5. The van der Waals surface area contributed by atoms with Crippen molar-refractivity contribution < 1.29 is 22.7 Å². The standard InChI is InChI=1S/C20H15F3N2O2/c21-20(22,23)16-7-3-14(4-8-16)12-25-19(26)15-5-9-17(10-6-15)27-18-2-1-11-24-13-18/h1-11,13H,12H2,(H,25,26). The third-order valence-electron chi connectivity index (χ3n) is 3.72. The molecule has 0 aliphatic carbocycles. The number of hydrogen-bond acceptors (Lipinski definition) is 3. The minimum atomic E-state index is -4.37. The average Bonchev–Trinajstić information content (AvgIpc) is 2.67. The lowest BCUT2D eigenvalue weighted by molar-refractivity contribution is -0.137. The molecule has 2 aromatic carbocycles. The van der Waals surface area contributed by atoms with Gasteiger partial charge in [0.1, 0.15) is 11.5 Å². The molecule has 0 aliphatic rings. The van der Waals surface area contributed by atoms with Crippen LogP contribution in [0, 0.1) is 0 Å². The van der Waals surface area contributed by atoms with Crippen LogP contribution in [-0.4, -0.2) is 10.9 Å². The number of amides is 1. The molecular weight excluding hydrogens is 357 g/mol. The van der Waals surface area contributed by atoms with Gasteiger partial charge in [0.2, 0.25) is 0 Å². The molecule has 0 radical (unpaired) electrons. The Hall–Kier alpha value is -3.35. The number of aromatic nitrogens is 1. The Labute approximate surface area is 153 Å². The van der Waals surface area contributed by atoms with E-state index in [4.69, 9.17) is 4.74 Å². The lowest BCUT2D eigenvalue weighted by Crippen LogP contribution is -2.22. The summed E-state index contributed by atoms with van der Waals surface area (Å²) in [6.07, 6.45) is -1.16. The van der Waals surface area contributed by atoms with E-state index in [1.807, 2.05) is 0 Å². The van der Waals surface area contributed by atoms with Crippen molar-refractivity contribution in [2.24, 2.45) is 0 Å². The predicted octanol–water partition coefficient (Wildman–Crippen LogP) is 4.82. The van der Waals surface area contributed by atoms with E-state index in [0.717, 1.165) is 12.1 Å². The zero-order valence-electron chi connectivity index (χ0n) is 14.0. The highest BCUT2D eigenvalue weighted by Gasteiger charge is 2.29. The van der Waals surface area contributed by atoms with E-state index in [1.165, 1.54) is 12.1 Å².